The van der Waals surface area contributed by atoms with Crippen LogP contribution in [0.15, 0.2) is 12.7 Å². The first kappa shape index (κ1) is 12.8. The van der Waals surface area contributed by atoms with E-state index in [0.717, 1.165) is 25.7 Å². The van der Waals surface area contributed by atoms with Crippen molar-refractivity contribution >= 4 is 0 Å². The van der Waals surface area contributed by atoms with Crippen LogP contribution in [0.5, 0.6) is 0 Å². The third-order valence-electron chi connectivity index (χ3n) is 3.60. The molecule has 88 valence electrons. The summed E-state index contributed by atoms with van der Waals surface area (Å²) in [5, 5.41) is 10.2. The highest BCUT2D eigenvalue weighted by molar-refractivity contribution is 4.95. The van der Waals surface area contributed by atoms with Gasteiger partial charge < -0.3 is 5.11 Å². The van der Waals surface area contributed by atoms with E-state index in [1.54, 1.807) is 6.08 Å². The maximum atomic E-state index is 10.2. The highest BCUT2D eigenvalue weighted by Crippen LogP contribution is 2.25. The van der Waals surface area contributed by atoms with Crippen LogP contribution in [0.1, 0.15) is 70.6 Å². The summed E-state index contributed by atoms with van der Waals surface area (Å²) >= 11 is 0. The molecule has 15 heavy (non-hydrogen) atoms. The highest BCUT2D eigenvalue weighted by Gasteiger charge is 2.21. The number of hydrogen-bond donors (Lipinski definition) is 1. The molecule has 1 aliphatic rings. The summed E-state index contributed by atoms with van der Waals surface area (Å²) in [4.78, 5) is 0. The Morgan fingerprint density at radius 3 is 1.40 bits per heavy atom. The van der Waals surface area contributed by atoms with E-state index in [1.807, 2.05) is 0 Å². The maximum absolute atomic E-state index is 10.2. The second kappa shape index (κ2) is 7.05. The van der Waals surface area contributed by atoms with Crippen LogP contribution in [-0.4, -0.2) is 10.7 Å². The lowest BCUT2D eigenvalue weighted by Crippen LogP contribution is -2.25. The van der Waals surface area contributed by atoms with Gasteiger partial charge in [-0.05, 0) is 12.8 Å². The lowest BCUT2D eigenvalue weighted by Gasteiger charge is -2.24. The largest absolute Gasteiger partial charge is 0.386 e. The van der Waals surface area contributed by atoms with Crippen LogP contribution in [0.25, 0.3) is 0 Å². The fourth-order valence-corrected chi connectivity index (χ4v) is 2.43. The molecule has 1 aliphatic carbocycles. The van der Waals surface area contributed by atoms with E-state index in [1.165, 1.54) is 44.9 Å². The molecule has 0 heterocycles. The summed E-state index contributed by atoms with van der Waals surface area (Å²) in [6, 6.07) is 0. The topological polar surface area (TPSA) is 20.2 Å². The Hall–Kier alpha value is -0.300. The first-order valence-corrected chi connectivity index (χ1v) is 6.63. The van der Waals surface area contributed by atoms with E-state index < -0.39 is 5.60 Å². The number of hydrogen-bond acceptors (Lipinski definition) is 1. The molecule has 0 aliphatic heterocycles. The van der Waals surface area contributed by atoms with Crippen LogP contribution in [0.3, 0.4) is 0 Å². The second-order valence-corrected chi connectivity index (χ2v) is 4.99. The molecule has 0 aromatic carbocycles. The third kappa shape index (κ3) is 5.36. The molecule has 1 fully saturated rings. The zero-order chi connectivity index (χ0) is 11.0. The average molecular weight is 210 g/mol. The molecule has 0 spiro atoms. The molecule has 0 atom stereocenters. The molecule has 1 rings (SSSR count). The van der Waals surface area contributed by atoms with Crippen LogP contribution >= 0.6 is 0 Å². The van der Waals surface area contributed by atoms with Gasteiger partial charge in [-0.25, -0.2) is 0 Å². The average Bonchev–Trinajstić information content (AvgIpc) is 2.23. The van der Waals surface area contributed by atoms with E-state index in [-0.39, 0.29) is 0 Å². The van der Waals surface area contributed by atoms with Gasteiger partial charge >= 0.3 is 0 Å². The van der Waals surface area contributed by atoms with E-state index in [9.17, 15) is 5.11 Å². The highest BCUT2D eigenvalue weighted by atomic mass is 16.3. The van der Waals surface area contributed by atoms with Crippen LogP contribution in [0, 0.1) is 0 Å². The van der Waals surface area contributed by atoms with E-state index >= 15 is 0 Å². The fraction of sp³-hybridized carbons (Fsp3) is 0.857. The molecule has 0 aromatic heterocycles. The van der Waals surface area contributed by atoms with Crippen molar-refractivity contribution in [1.29, 1.82) is 0 Å². The third-order valence-corrected chi connectivity index (χ3v) is 3.60. The Labute approximate surface area is 94.6 Å². The van der Waals surface area contributed by atoms with Gasteiger partial charge in [0.05, 0.1) is 5.60 Å². The van der Waals surface area contributed by atoms with Gasteiger partial charge in [0.15, 0.2) is 0 Å². The van der Waals surface area contributed by atoms with Gasteiger partial charge in [-0.2, -0.15) is 0 Å². The monoisotopic (exact) mass is 210 g/mol. The van der Waals surface area contributed by atoms with Crippen molar-refractivity contribution in [2.45, 2.75) is 76.2 Å². The minimum Gasteiger partial charge on any atom is -0.386 e. The van der Waals surface area contributed by atoms with Crippen molar-refractivity contribution < 1.29 is 5.11 Å². The van der Waals surface area contributed by atoms with Crippen molar-refractivity contribution in [2.24, 2.45) is 0 Å². The summed E-state index contributed by atoms with van der Waals surface area (Å²) in [5.41, 5.74) is -0.570. The smallest absolute Gasteiger partial charge is 0.0825 e. The van der Waals surface area contributed by atoms with Gasteiger partial charge in [-0.15, -0.1) is 6.58 Å². The molecule has 1 heteroatoms. The Bertz CT molecular complexity index is 162. The first-order chi connectivity index (χ1) is 7.27. The predicted molar refractivity (Wildman–Crippen MR) is 65.9 cm³/mol. The summed E-state index contributed by atoms with van der Waals surface area (Å²) in [7, 11) is 0. The second-order valence-electron chi connectivity index (χ2n) is 4.99. The lowest BCUT2D eigenvalue weighted by atomic mass is 9.89. The van der Waals surface area contributed by atoms with Crippen LogP contribution in [-0.2, 0) is 0 Å². The molecule has 0 bridgehead atoms. The molecule has 0 saturated heterocycles. The normalized spacial score (nSPS) is 24.9. The van der Waals surface area contributed by atoms with Crippen molar-refractivity contribution in [3.05, 3.63) is 12.7 Å². The molecule has 0 amide bonds. The van der Waals surface area contributed by atoms with Crippen molar-refractivity contribution in [1.82, 2.24) is 0 Å². The molecule has 1 nitrogen and oxygen atoms in total. The molecular weight excluding hydrogens is 184 g/mol. The molecule has 1 N–H and O–H groups in total. The first-order valence-electron chi connectivity index (χ1n) is 6.63. The van der Waals surface area contributed by atoms with Gasteiger partial charge in [0.25, 0.3) is 0 Å². The molecule has 0 aromatic rings. The zero-order valence-corrected chi connectivity index (χ0v) is 10.0. The van der Waals surface area contributed by atoms with Crippen molar-refractivity contribution in [2.75, 3.05) is 0 Å². The Kier molecular flexibility index (Phi) is 6.00. The van der Waals surface area contributed by atoms with E-state index in [0.29, 0.717) is 0 Å². The van der Waals surface area contributed by atoms with Crippen LogP contribution in [0.4, 0.5) is 0 Å². The fourth-order valence-electron chi connectivity index (χ4n) is 2.43. The molecule has 1 saturated carbocycles. The maximum Gasteiger partial charge on any atom is 0.0825 e. The Morgan fingerprint density at radius 1 is 0.733 bits per heavy atom. The molecule has 0 radical (unpaired) electrons. The Balaban J connectivity index is 2.35. The summed E-state index contributed by atoms with van der Waals surface area (Å²) in [6.07, 6.45) is 15.3. The SMILES string of the molecule is C=CC1(O)CCCCCCCCCCC1. The van der Waals surface area contributed by atoms with Crippen LogP contribution < -0.4 is 0 Å². The summed E-state index contributed by atoms with van der Waals surface area (Å²) in [5.74, 6) is 0. The van der Waals surface area contributed by atoms with Gasteiger partial charge in [-0.3, -0.25) is 0 Å². The van der Waals surface area contributed by atoms with Crippen molar-refractivity contribution in [3.63, 3.8) is 0 Å². The predicted octanol–water partition coefficient (Wildman–Crippen LogP) is 4.21. The minimum atomic E-state index is -0.570. The summed E-state index contributed by atoms with van der Waals surface area (Å²) in [6.45, 7) is 3.77. The summed E-state index contributed by atoms with van der Waals surface area (Å²) < 4.78 is 0. The van der Waals surface area contributed by atoms with Gasteiger partial charge in [0.2, 0.25) is 0 Å². The quantitative estimate of drug-likeness (QED) is 0.643. The van der Waals surface area contributed by atoms with E-state index in [2.05, 4.69) is 6.58 Å². The molecule has 0 unspecified atom stereocenters. The number of aliphatic hydroxyl groups is 1. The van der Waals surface area contributed by atoms with Crippen LogP contribution in [0.2, 0.25) is 0 Å². The standard InChI is InChI=1S/C14H26O/c1-2-14(15)12-10-8-6-4-3-5-7-9-11-13-14/h2,15H,1,3-13H2. The zero-order valence-electron chi connectivity index (χ0n) is 10.0. The number of rotatable bonds is 1. The van der Waals surface area contributed by atoms with Crippen molar-refractivity contribution in [3.8, 4) is 0 Å². The Morgan fingerprint density at radius 2 is 1.07 bits per heavy atom. The van der Waals surface area contributed by atoms with Gasteiger partial charge in [0, 0.05) is 0 Å². The molecular formula is C14H26O. The minimum absolute atomic E-state index is 0.570. The van der Waals surface area contributed by atoms with E-state index in [4.69, 9.17) is 0 Å². The van der Waals surface area contributed by atoms with Gasteiger partial charge in [-0.1, -0.05) is 63.9 Å². The lowest BCUT2D eigenvalue weighted by molar-refractivity contribution is 0.0663. The van der Waals surface area contributed by atoms with Gasteiger partial charge in [0.1, 0.15) is 0 Å².